The quantitative estimate of drug-likeness (QED) is 0.0564. The molecule has 0 aromatic carbocycles. The van der Waals surface area contributed by atoms with Crippen LogP contribution >= 0.6 is 0 Å². The van der Waals surface area contributed by atoms with Crippen molar-refractivity contribution in [1.82, 2.24) is 39.1 Å². The maximum atomic E-state index is 15.1. The summed E-state index contributed by atoms with van der Waals surface area (Å²) in [7, 11) is 3.45. The smallest absolute Gasteiger partial charge is 0.410 e. The van der Waals surface area contributed by atoms with Crippen LogP contribution in [0, 0.1) is 17.8 Å². The third-order valence-corrected chi connectivity index (χ3v) is 16.0. The fraction of sp³-hybridized carbons (Fsp3) is 0.727. The number of imidazole rings is 1. The predicted octanol–water partition coefficient (Wildman–Crippen LogP) is 4.95. The summed E-state index contributed by atoms with van der Waals surface area (Å²) in [4.78, 5) is 86.5. The summed E-state index contributed by atoms with van der Waals surface area (Å²) < 4.78 is 46.5. The fourth-order valence-corrected chi connectivity index (χ4v) is 11.6. The Morgan fingerprint density at radius 2 is 1.74 bits per heavy atom. The van der Waals surface area contributed by atoms with E-state index in [0.717, 1.165) is 11.3 Å². The van der Waals surface area contributed by atoms with E-state index in [9.17, 15) is 19.2 Å². The molecule has 0 spiro atoms. The van der Waals surface area contributed by atoms with Crippen molar-refractivity contribution >= 4 is 29.7 Å². The number of rotatable bonds is 16. The van der Waals surface area contributed by atoms with Crippen LogP contribution in [0.1, 0.15) is 107 Å². The number of esters is 1. The summed E-state index contributed by atoms with van der Waals surface area (Å²) >= 11 is 0. The van der Waals surface area contributed by atoms with Gasteiger partial charge < -0.3 is 63.2 Å². The van der Waals surface area contributed by atoms with Gasteiger partial charge in [0.25, 0.3) is 0 Å². The van der Waals surface area contributed by atoms with Gasteiger partial charge in [-0.15, -0.1) is 0 Å². The molecular formula is C55H86N10O12. The van der Waals surface area contributed by atoms with Gasteiger partial charge in [0.05, 0.1) is 24.2 Å². The van der Waals surface area contributed by atoms with E-state index in [4.69, 9.17) is 44.7 Å². The molecule has 7 heterocycles. The number of aryl methyl sites for hydroxylation is 1. The summed E-state index contributed by atoms with van der Waals surface area (Å²) in [5.41, 5.74) is 6.88. The number of hydrazine groups is 1. The number of likely N-dealkylation sites (N-methyl/N-ethyl adjacent to an activating group) is 1. The van der Waals surface area contributed by atoms with Crippen molar-refractivity contribution < 1.29 is 57.1 Å². The molecule has 2 unspecified atom stereocenters. The third kappa shape index (κ3) is 14.2. The molecule has 22 nitrogen and oxygen atoms in total. The highest BCUT2D eigenvalue weighted by Gasteiger charge is 2.61. The van der Waals surface area contributed by atoms with Crippen LogP contribution in [-0.2, 0) is 54.1 Å². The van der Waals surface area contributed by atoms with Crippen LogP contribution in [0.25, 0.3) is 11.3 Å². The number of ketones is 2. The molecule has 2 amide bonds. The lowest BCUT2D eigenvalue weighted by Gasteiger charge is -2.54. The van der Waals surface area contributed by atoms with Crippen LogP contribution < -0.4 is 11.6 Å². The standard InChI is InChI=1S/C55H86N10O12/c1-12-44-54(9)48(65(52(70)77-54)20-14-13-19-62-33-41(59-34-62)39-16-15-18-58-31-39)38(5)46(67)35(2)30-55(71-11)45(29-43(66)37(4)49(68)73-44)74-50-47(75-55)42(28-36(3)72-50)60(10)21-17-40(56)32-64(57)27-24-61-22-25-63(26-23-61)51(69)76-53(6,7)8/h15-16,18,31-38,42,44-45,47-48,50H,12-14,17,19-30,56-57H2,1-11H3/b40-32-/t35-,36-,37?,38?,42+,44-,45-,47-,48-,50+,54-,55+/m1/s1. The number of pyridine rings is 1. The molecule has 0 radical (unpaired) electrons. The first-order chi connectivity index (χ1) is 36.4. The maximum Gasteiger partial charge on any atom is 0.410 e. The van der Waals surface area contributed by atoms with Crippen molar-refractivity contribution in [2.45, 2.75) is 174 Å². The first kappa shape index (κ1) is 59.4. The van der Waals surface area contributed by atoms with Gasteiger partial charge in [-0.2, -0.15) is 0 Å². The van der Waals surface area contributed by atoms with Crippen molar-refractivity contribution in [3.8, 4) is 11.3 Å². The first-order valence-corrected chi connectivity index (χ1v) is 27.6. The van der Waals surface area contributed by atoms with E-state index in [1.807, 2.05) is 64.6 Å². The minimum absolute atomic E-state index is 0.0124. The monoisotopic (exact) mass is 1080 g/mol. The van der Waals surface area contributed by atoms with Gasteiger partial charge in [-0.05, 0) is 86.4 Å². The van der Waals surface area contributed by atoms with Crippen molar-refractivity contribution in [3.05, 3.63) is 48.9 Å². The molecule has 4 N–H and O–H groups in total. The maximum absolute atomic E-state index is 15.1. The van der Waals surface area contributed by atoms with E-state index in [1.54, 1.807) is 60.5 Å². The number of amides is 2. The van der Waals surface area contributed by atoms with Gasteiger partial charge in [0.15, 0.2) is 17.7 Å². The highest BCUT2D eigenvalue weighted by atomic mass is 16.8. The minimum atomic E-state index is -1.65. The molecule has 22 heteroatoms. The Labute approximate surface area is 454 Å². The van der Waals surface area contributed by atoms with Crippen LogP contribution in [-0.4, -0.2) is 195 Å². The molecule has 2 aromatic rings. The molecule has 0 saturated carbocycles. The molecule has 5 aliphatic heterocycles. The van der Waals surface area contributed by atoms with E-state index in [2.05, 4.69) is 19.8 Å². The number of aromatic nitrogens is 3. The number of ether oxygens (including phenoxy) is 7. The summed E-state index contributed by atoms with van der Waals surface area (Å²) in [6, 6.07) is 2.70. The number of nitrogens with zero attached hydrogens (tertiary/aromatic N) is 8. The zero-order valence-electron chi connectivity index (χ0n) is 47.3. The first-order valence-electron chi connectivity index (χ1n) is 27.6. The van der Waals surface area contributed by atoms with Gasteiger partial charge >= 0.3 is 18.2 Å². The number of hydrogen-bond acceptors (Lipinski definition) is 19. The number of unbranched alkanes of at least 4 members (excludes halogenated alkanes) is 1. The zero-order chi connectivity index (χ0) is 56.0. The number of methoxy groups -OCH3 is 1. The second kappa shape index (κ2) is 25.3. The second-order valence-electron chi connectivity index (χ2n) is 23.0. The third-order valence-electron chi connectivity index (χ3n) is 16.0. The van der Waals surface area contributed by atoms with Crippen LogP contribution in [0.2, 0.25) is 0 Å². The van der Waals surface area contributed by atoms with Crippen molar-refractivity contribution in [2.24, 2.45) is 29.3 Å². The SMILES string of the molecule is CC[C@H]1OC(=O)C(C)C(=O)C[C@H]2O[C@@H]3O[C@H](C)C[C@H](N(C)CC/C(N)=C/N(N)CCN4CCN(C(=O)OC(C)(C)C)CC4)[C@H]3O[C@@]2(OC)C[C@@H](C)C(=O)C(C)[C@H]2N(CCCCn3cnc(-c4cccnc4)c3)C(=O)O[C@]12C. The van der Waals surface area contributed by atoms with Gasteiger partial charge in [0, 0.05) is 139 Å². The number of carbonyl (C=O) groups is 5. The number of nitrogens with two attached hydrogens (primary N) is 2. The molecule has 77 heavy (non-hydrogen) atoms. The molecule has 5 fully saturated rings. The highest BCUT2D eigenvalue weighted by molar-refractivity contribution is 5.99. The van der Waals surface area contributed by atoms with E-state index >= 15 is 4.79 Å². The van der Waals surface area contributed by atoms with Gasteiger partial charge in [0.2, 0.25) is 0 Å². The van der Waals surface area contributed by atoms with E-state index in [-0.39, 0.29) is 49.8 Å². The average Bonchev–Trinajstić information content (AvgIpc) is 3.98. The molecule has 5 aliphatic rings. The molecule has 5 saturated heterocycles. The largest absolute Gasteiger partial charge is 0.458 e. The topological polar surface area (TPSA) is 249 Å². The van der Waals surface area contributed by atoms with Gasteiger partial charge in [-0.3, -0.25) is 24.3 Å². The molecule has 0 aliphatic carbocycles. The van der Waals surface area contributed by atoms with Crippen LogP contribution in [0.15, 0.2) is 48.9 Å². The van der Waals surface area contributed by atoms with Gasteiger partial charge in [-0.25, -0.2) is 20.4 Å². The summed E-state index contributed by atoms with van der Waals surface area (Å²) in [6.07, 6.45) is 6.31. The normalized spacial score (nSPS) is 32.0. The molecule has 0 bridgehead atoms. The number of piperazine rings is 1. The van der Waals surface area contributed by atoms with Crippen molar-refractivity contribution in [1.29, 1.82) is 0 Å². The number of carbonyl (C=O) groups excluding carboxylic acids is 5. The summed E-state index contributed by atoms with van der Waals surface area (Å²) in [5, 5.41) is 1.59. The predicted molar refractivity (Wildman–Crippen MR) is 284 cm³/mol. The average molecular weight is 1080 g/mol. The molecule has 428 valence electrons. The highest BCUT2D eigenvalue weighted by Crippen LogP contribution is 2.45. The van der Waals surface area contributed by atoms with E-state index < -0.39 is 83.2 Å². The Kier molecular flexibility index (Phi) is 19.5. The zero-order valence-corrected chi connectivity index (χ0v) is 47.3. The molecule has 7 rings (SSSR count). The number of fused-ring (bicyclic) bond motifs is 3. The Bertz CT molecular complexity index is 2380. The Balaban J connectivity index is 1.04. The minimum Gasteiger partial charge on any atom is -0.458 e. The summed E-state index contributed by atoms with van der Waals surface area (Å²) in [5.74, 6) is 0.540. The van der Waals surface area contributed by atoms with Gasteiger partial charge in [-0.1, -0.05) is 20.8 Å². The van der Waals surface area contributed by atoms with Crippen LogP contribution in [0.4, 0.5) is 9.59 Å². The molecule has 12 atom stereocenters. The lowest BCUT2D eigenvalue weighted by atomic mass is 9.75. The Morgan fingerprint density at radius 3 is 2.42 bits per heavy atom. The lowest BCUT2D eigenvalue weighted by molar-refractivity contribution is -0.419. The van der Waals surface area contributed by atoms with Crippen LogP contribution in [0.5, 0.6) is 0 Å². The Morgan fingerprint density at radius 1 is 1.01 bits per heavy atom. The number of hydrogen-bond donors (Lipinski definition) is 2. The lowest BCUT2D eigenvalue weighted by Crippen LogP contribution is -2.68. The van der Waals surface area contributed by atoms with E-state index in [1.165, 1.54) is 14.0 Å². The second-order valence-corrected chi connectivity index (χ2v) is 23.0. The van der Waals surface area contributed by atoms with Gasteiger partial charge in [0.1, 0.15) is 41.4 Å². The Hall–Kier alpha value is -5.23. The fourth-order valence-electron chi connectivity index (χ4n) is 11.6. The van der Waals surface area contributed by atoms with Crippen LogP contribution in [0.3, 0.4) is 0 Å². The number of Topliss-reactive ketones (excluding diaryl/α,β-unsaturated/α-hetero) is 2. The molecule has 2 aromatic heterocycles. The molecular weight excluding hydrogens is 993 g/mol. The summed E-state index contributed by atoms with van der Waals surface area (Å²) in [6.45, 7) is 21.4. The van der Waals surface area contributed by atoms with E-state index in [0.29, 0.717) is 83.7 Å². The number of cyclic esters (lactones) is 1. The van der Waals surface area contributed by atoms with Crippen molar-refractivity contribution in [3.63, 3.8) is 0 Å². The van der Waals surface area contributed by atoms with Crippen molar-refractivity contribution in [2.75, 3.05) is 66.5 Å².